The predicted octanol–water partition coefficient (Wildman–Crippen LogP) is 1.62. The van der Waals surface area contributed by atoms with Crippen LogP contribution >= 0.6 is 0 Å². The van der Waals surface area contributed by atoms with Gasteiger partial charge >= 0.3 is 0 Å². The Balaban J connectivity index is 2.60. The Morgan fingerprint density at radius 1 is 1.47 bits per heavy atom. The molecular formula is C12H24N2O. The number of carbonyl (C=O) groups excluding carboxylic acids is 1. The quantitative estimate of drug-likeness (QED) is 0.756. The summed E-state index contributed by atoms with van der Waals surface area (Å²) in [6, 6.07) is 0. The minimum atomic E-state index is -0.723. The number of carbonyl (C=O) groups is 1. The molecule has 1 atom stereocenters. The summed E-state index contributed by atoms with van der Waals surface area (Å²) >= 11 is 0. The topological polar surface area (TPSA) is 46.3 Å². The van der Waals surface area contributed by atoms with Crippen LogP contribution in [0.1, 0.15) is 40.5 Å². The van der Waals surface area contributed by atoms with Crippen molar-refractivity contribution >= 4 is 5.91 Å². The van der Waals surface area contributed by atoms with Gasteiger partial charge in [-0.3, -0.25) is 4.79 Å². The maximum Gasteiger partial charge on any atom is 0.242 e. The van der Waals surface area contributed by atoms with Crippen molar-refractivity contribution in [2.45, 2.75) is 46.1 Å². The monoisotopic (exact) mass is 212 g/mol. The van der Waals surface area contributed by atoms with Crippen LogP contribution in [-0.4, -0.2) is 29.4 Å². The van der Waals surface area contributed by atoms with E-state index in [1.807, 2.05) is 4.90 Å². The average Bonchev–Trinajstić information content (AvgIpc) is 2.15. The van der Waals surface area contributed by atoms with Crippen molar-refractivity contribution in [2.75, 3.05) is 13.1 Å². The molecule has 1 unspecified atom stereocenters. The molecule has 0 aromatic heterocycles. The Morgan fingerprint density at radius 3 is 2.53 bits per heavy atom. The lowest BCUT2D eigenvalue weighted by Crippen LogP contribution is -2.54. The standard InChI is InChI=1S/C12H24N2O/c1-9(2)10-6-5-7-14(8-10)11(15)12(3,4)13/h9-10H,5-8,13H2,1-4H3. The summed E-state index contributed by atoms with van der Waals surface area (Å²) in [4.78, 5) is 13.9. The lowest BCUT2D eigenvalue weighted by Gasteiger charge is -2.37. The van der Waals surface area contributed by atoms with E-state index in [0.29, 0.717) is 11.8 Å². The zero-order valence-electron chi connectivity index (χ0n) is 10.4. The van der Waals surface area contributed by atoms with Gasteiger partial charge < -0.3 is 10.6 Å². The molecule has 1 fully saturated rings. The Morgan fingerprint density at radius 2 is 2.07 bits per heavy atom. The molecule has 15 heavy (non-hydrogen) atoms. The fourth-order valence-corrected chi connectivity index (χ4v) is 2.15. The average molecular weight is 212 g/mol. The Bertz CT molecular complexity index is 230. The van der Waals surface area contributed by atoms with Crippen molar-refractivity contribution in [1.82, 2.24) is 4.90 Å². The molecule has 1 saturated heterocycles. The fraction of sp³-hybridized carbons (Fsp3) is 0.917. The van der Waals surface area contributed by atoms with Gasteiger partial charge in [-0.15, -0.1) is 0 Å². The molecule has 1 amide bonds. The van der Waals surface area contributed by atoms with Crippen molar-refractivity contribution in [3.05, 3.63) is 0 Å². The summed E-state index contributed by atoms with van der Waals surface area (Å²) in [6.07, 6.45) is 2.36. The van der Waals surface area contributed by atoms with Crippen molar-refractivity contribution < 1.29 is 4.79 Å². The molecule has 1 heterocycles. The molecule has 0 aromatic rings. The molecule has 0 bridgehead atoms. The molecule has 2 N–H and O–H groups in total. The summed E-state index contributed by atoms with van der Waals surface area (Å²) < 4.78 is 0. The third-order valence-electron chi connectivity index (χ3n) is 3.24. The van der Waals surface area contributed by atoms with Crippen molar-refractivity contribution in [2.24, 2.45) is 17.6 Å². The summed E-state index contributed by atoms with van der Waals surface area (Å²) in [5.74, 6) is 1.39. The van der Waals surface area contributed by atoms with Crippen LogP contribution in [0.5, 0.6) is 0 Å². The zero-order chi connectivity index (χ0) is 11.6. The highest BCUT2D eigenvalue weighted by Gasteiger charge is 2.32. The van der Waals surface area contributed by atoms with Crippen LogP contribution < -0.4 is 5.73 Å². The highest BCUT2D eigenvalue weighted by molar-refractivity contribution is 5.85. The molecule has 0 spiro atoms. The molecule has 1 aliphatic heterocycles. The normalized spacial score (nSPS) is 23.3. The van der Waals surface area contributed by atoms with E-state index in [2.05, 4.69) is 13.8 Å². The van der Waals surface area contributed by atoms with Gasteiger partial charge in [0.25, 0.3) is 0 Å². The number of nitrogens with zero attached hydrogens (tertiary/aromatic N) is 1. The number of hydrogen-bond donors (Lipinski definition) is 1. The van der Waals surface area contributed by atoms with Crippen LogP contribution in [0.3, 0.4) is 0 Å². The SMILES string of the molecule is CC(C)C1CCCN(C(=O)C(C)(C)N)C1. The molecule has 88 valence electrons. The highest BCUT2D eigenvalue weighted by atomic mass is 16.2. The van der Waals surface area contributed by atoms with E-state index in [4.69, 9.17) is 5.73 Å². The van der Waals surface area contributed by atoms with Crippen molar-refractivity contribution in [3.8, 4) is 0 Å². The lowest BCUT2D eigenvalue weighted by molar-refractivity contribution is -0.138. The summed E-state index contributed by atoms with van der Waals surface area (Å²) in [5, 5.41) is 0. The van der Waals surface area contributed by atoms with Crippen LogP contribution in [0, 0.1) is 11.8 Å². The molecule has 0 aromatic carbocycles. The Labute approximate surface area is 93.0 Å². The van der Waals surface area contributed by atoms with Crippen LogP contribution in [0.15, 0.2) is 0 Å². The van der Waals surface area contributed by atoms with E-state index in [1.54, 1.807) is 13.8 Å². The number of likely N-dealkylation sites (tertiary alicyclic amines) is 1. The van der Waals surface area contributed by atoms with E-state index in [0.717, 1.165) is 19.5 Å². The summed E-state index contributed by atoms with van der Waals surface area (Å²) in [6.45, 7) is 9.79. The number of piperidine rings is 1. The number of rotatable bonds is 2. The molecule has 3 heteroatoms. The zero-order valence-corrected chi connectivity index (χ0v) is 10.4. The minimum Gasteiger partial charge on any atom is -0.341 e. The molecule has 0 saturated carbocycles. The summed E-state index contributed by atoms with van der Waals surface area (Å²) in [5.41, 5.74) is 5.12. The first-order valence-electron chi connectivity index (χ1n) is 5.90. The van der Waals surface area contributed by atoms with Crippen molar-refractivity contribution in [1.29, 1.82) is 0 Å². The number of amides is 1. The number of nitrogens with two attached hydrogens (primary N) is 1. The molecule has 1 aliphatic rings. The lowest BCUT2D eigenvalue weighted by atomic mass is 9.87. The second kappa shape index (κ2) is 4.52. The molecule has 0 radical (unpaired) electrons. The molecule has 3 nitrogen and oxygen atoms in total. The van der Waals surface area contributed by atoms with Gasteiger partial charge in [0.2, 0.25) is 5.91 Å². The van der Waals surface area contributed by atoms with E-state index >= 15 is 0 Å². The minimum absolute atomic E-state index is 0.0906. The first kappa shape index (κ1) is 12.5. The molecule has 0 aliphatic carbocycles. The Kier molecular flexibility index (Phi) is 3.77. The van der Waals surface area contributed by atoms with Crippen LogP contribution in [0.4, 0.5) is 0 Å². The van der Waals surface area contributed by atoms with Gasteiger partial charge in [-0.05, 0) is 38.5 Å². The smallest absolute Gasteiger partial charge is 0.242 e. The van der Waals surface area contributed by atoms with Crippen LogP contribution in [0.25, 0.3) is 0 Å². The van der Waals surface area contributed by atoms with Gasteiger partial charge in [-0.2, -0.15) is 0 Å². The first-order valence-corrected chi connectivity index (χ1v) is 5.90. The first-order chi connectivity index (χ1) is 6.82. The van der Waals surface area contributed by atoms with E-state index in [9.17, 15) is 4.79 Å². The van der Waals surface area contributed by atoms with Crippen LogP contribution in [0.2, 0.25) is 0 Å². The second-order valence-corrected chi connectivity index (χ2v) is 5.62. The maximum absolute atomic E-state index is 12.0. The van der Waals surface area contributed by atoms with Gasteiger partial charge in [0.05, 0.1) is 5.54 Å². The Hall–Kier alpha value is -0.570. The summed E-state index contributed by atoms with van der Waals surface area (Å²) in [7, 11) is 0. The van der Waals surface area contributed by atoms with E-state index < -0.39 is 5.54 Å². The predicted molar refractivity (Wildman–Crippen MR) is 62.4 cm³/mol. The van der Waals surface area contributed by atoms with Crippen LogP contribution in [-0.2, 0) is 4.79 Å². The van der Waals surface area contributed by atoms with Gasteiger partial charge in [-0.25, -0.2) is 0 Å². The molecule has 1 rings (SSSR count). The van der Waals surface area contributed by atoms with E-state index in [1.165, 1.54) is 6.42 Å². The molecular weight excluding hydrogens is 188 g/mol. The third kappa shape index (κ3) is 3.20. The second-order valence-electron chi connectivity index (χ2n) is 5.62. The van der Waals surface area contributed by atoms with Gasteiger partial charge in [-0.1, -0.05) is 13.8 Å². The fourth-order valence-electron chi connectivity index (χ4n) is 2.15. The maximum atomic E-state index is 12.0. The highest BCUT2D eigenvalue weighted by Crippen LogP contribution is 2.24. The van der Waals surface area contributed by atoms with Gasteiger partial charge in [0, 0.05) is 13.1 Å². The number of hydrogen-bond acceptors (Lipinski definition) is 2. The van der Waals surface area contributed by atoms with Crippen molar-refractivity contribution in [3.63, 3.8) is 0 Å². The van der Waals surface area contributed by atoms with E-state index in [-0.39, 0.29) is 5.91 Å². The van der Waals surface area contributed by atoms with Gasteiger partial charge in [0.15, 0.2) is 0 Å². The third-order valence-corrected chi connectivity index (χ3v) is 3.24. The largest absolute Gasteiger partial charge is 0.341 e. The van der Waals surface area contributed by atoms with Gasteiger partial charge in [0.1, 0.15) is 0 Å².